The molecule has 6 heteroatoms. The van der Waals surface area contributed by atoms with E-state index in [1.54, 1.807) is 6.07 Å². The minimum absolute atomic E-state index is 0.212. The van der Waals surface area contributed by atoms with Crippen LogP contribution in [-0.4, -0.2) is 34.5 Å². The van der Waals surface area contributed by atoms with E-state index in [0.717, 1.165) is 18.8 Å². The van der Waals surface area contributed by atoms with Crippen LogP contribution in [0.1, 0.15) is 13.3 Å². The van der Waals surface area contributed by atoms with Crippen LogP contribution in [0.15, 0.2) is 11.2 Å². The van der Waals surface area contributed by atoms with Crippen molar-refractivity contribution >= 4 is 29.2 Å². The Balaban J connectivity index is 2.56. The SMILES string of the molecule is CSc1nc(Cl)cc(NCC(C)CCO)n1. The van der Waals surface area contributed by atoms with Crippen LogP contribution in [0.25, 0.3) is 0 Å². The molecule has 1 unspecified atom stereocenters. The Labute approximate surface area is 105 Å². The topological polar surface area (TPSA) is 58.0 Å². The standard InChI is InChI=1S/C10H16ClN3OS/c1-7(3-4-15)6-12-9-5-8(11)13-10(14-9)16-2/h5,7,15H,3-4,6H2,1-2H3,(H,12,13,14). The smallest absolute Gasteiger partial charge is 0.190 e. The average Bonchev–Trinajstić information content (AvgIpc) is 2.26. The van der Waals surface area contributed by atoms with Gasteiger partial charge >= 0.3 is 0 Å². The Morgan fingerprint density at radius 1 is 1.56 bits per heavy atom. The maximum absolute atomic E-state index is 8.78. The van der Waals surface area contributed by atoms with Crippen molar-refractivity contribution in [3.8, 4) is 0 Å². The third-order valence-corrected chi connectivity index (χ3v) is 2.85. The van der Waals surface area contributed by atoms with Crippen molar-refractivity contribution in [1.82, 2.24) is 9.97 Å². The first kappa shape index (κ1) is 13.5. The van der Waals surface area contributed by atoms with Crippen LogP contribution in [0, 0.1) is 5.92 Å². The highest BCUT2D eigenvalue weighted by Crippen LogP contribution is 2.17. The van der Waals surface area contributed by atoms with Gasteiger partial charge in [-0.25, -0.2) is 9.97 Å². The monoisotopic (exact) mass is 261 g/mol. The van der Waals surface area contributed by atoms with Gasteiger partial charge in [-0.1, -0.05) is 30.3 Å². The summed E-state index contributed by atoms with van der Waals surface area (Å²) in [6, 6.07) is 1.70. The number of halogens is 1. The Kier molecular flexibility index (Phi) is 5.87. The second kappa shape index (κ2) is 6.93. The van der Waals surface area contributed by atoms with Crippen LogP contribution in [0.4, 0.5) is 5.82 Å². The van der Waals surface area contributed by atoms with Gasteiger partial charge in [0.1, 0.15) is 11.0 Å². The summed E-state index contributed by atoms with van der Waals surface area (Å²) in [6.45, 7) is 3.05. The van der Waals surface area contributed by atoms with Crippen LogP contribution in [0.2, 0.25) is 5.15 Å². The average molecular weight is 262 g/mol. The maximum Gasteiger partial charge on any atom is 0.190 e. The predicted octanol–water partition coefficient (Wildman–Crippen LogP) is 2.28. The molecule has 2 N–H and O–H groups in total. The van der Waals surface area contributed by atoms with E-state index in [2.05, 4.69) is 22.2 Å². The van der Waals surface area contributed by atoms with E-state index in [4.69, 9.17) is 16.7 Å². The molecule has 1 atom stereocenters. The molecule has 0 radical (unpaired) electrons. The third-order valence-electron chi connectivity index (χ3n) is 2.11. The first-order valence-electron chi connectivity index (χ1n) is 5.09. The molecule has 0 aliphatic heterocycles. The highest BCUT2D eigenvalue weighted by Gasteiger charge is 2.04. The zero-order valence-corrected chi connectivity index (χ0v) is 11.0. The van der Waals surface area contributed by atoms with Gasteiger partial charge in [-0.3, -0.25) is 0 Å². The summed E-state index contributed by atoms with van der Waals surface area (Å²) in [4.78, 5) is 8.33. The van der Waals surface area contributed by atoms with E-state index in [9.17, 15) is 0 Å². The number of aliphatic hydroxyl groups is 1. The van der Waals surface area contributed by atoms with Gasteiger partial charge in [0.2, 0.25) is 0 Å². The van der Waals surface area contributed by atoms with E-state index in [-0.39, 0.29) is 6.61 Å². The van der Waals surface area contributed by atoms with E-state index in [1.165, 1.54) is 11.8 Å². The molecular formula is C10H16ClN3OS. The zero-order chi connectivity index (χ0) is 12.0. The number of rotatable bonds is 6. The largest absolute Gasteiger partial charge is 0.396 e. The number of hydrogen-bond donors (Lipinski definition) is 2. The second-order valence-corrected chi connectivity index (χ2v) is 4.72. The quantitative estimate of drug-likeness (QED) is 0.467. The molecule has 0 spiro atoms. The van der Waals surface area contributed by atoms with Gasteiger partial charge in [0.15, 0.2) is 5.16 Å². The summed E-state index contributed by atoms with van der Waals surface area (Å²) < 4.78 is 0. The molecule has 1 aromatic heterocycles. The van der Waals surface area contributed by atoms with Crippen molar-refractivity contribution in [3.05, 3.63) is 11.2 Å². The summed E-state index contributed by atoms with van der Waals surface area (Å²) >= 11 is 7.32. The molecule has 1 heterocycles. The normalized spacial score (nSPS) is 12.5. The Bertz CT molecular complexity index is 338. The Hall–Kier alpha value is -0.520. The fourth-order valence-corrected chi connectivity index (χ4v) is 1.79. The highest BCUT2D eigenvalue weighted by molar-refractivity contribution is 7.98. The van der Waals surface area contributed by atoms with Crippen LogP contribution >= 0.6 is 23.4 Å². The number of aromatic nitrogens is 2. The van der Waals surface area contributed by atoms with Gasteiger partial charge in [0, 0.05) is 19.2 Å². The van der Waals surface area contributed by atoms with Gasteiger partial charge in [-0.05, 0) is 18.6 Å². The number of nitrogens with zero attached hydrogens (tertiary/aromatic N) is 2. The molecule has 0 aromatic carbocycles. The zero-order valence-electron chi connectivity index (χ0n) is 9.40. The maximum atomic E-state index is 8.78. The molecule has 0 fully saturated rings. The molecule has 0 saturated carbocycles. The molecule has 16 heavy (non-hydrogen) atoms. The lowest BCUT2D eigenvalue weighted by atomic mass is 10.1. The minimum atomic E-state index is 0.212. The van der Waals surface area contributed by atoms with Crippen LogP contribution in [0.3, 0.4) is 0 Å². The number of aliphatic hydroxyl groups excluding tert-OH is 1. The highest BCUT2D eigenvalue weighted by atomic mass is 35.5. The molecule has 0 bridgehead atoms. The second-order valence-electron chi connectivity index (χ2n) is 3.56. The van der Waals surface area contributed by atoms with E-state index in [1.807, 2.05) is 6.26 Å². The lowest BCUT2D eigenvalue weighted by Crippen LogP contribution is -2.13. The molecule has 4 nitrogen and oxygen atoms in total. The number of anilines is 1. The molecule has 0 aliphatic rings. The summed E-state index contributed by atoms with van der Waals surface area (Å²) in [5.74, 6) is 1.13. The van der Waals surface area contributed by atoms with Crippen LogP contribution < -0.4 is 5.32 Å². The molecule has 1 rings (SSSR count). The number of hydrogen-bond acceptors (Lipinski definition) is 5. The first-order valence-corrected chi connectivity index (χ1v) is 6.69. The van der Waals surface area contributed by atoms with Crippen molar-refractivity contribution in [2.24, 2.45) is 5.92 Å². The first-order chi connectivity index (χ1) is 7.65. The lowest BCUT2D eigenvalue weighted by molar-refractivity contribution is 0.266. The minimum Gasteiger partial charge on any atom is -0.396 e. The van der Waals surface area contributed by atoms with Crippen LogP contribution in [-0.2, 0) is 0 Å². The van der Waals surface area contributed by atoms with E-state index in [0.29, 0.717) is 16.2 Å². The van der Waals surface area contributed by atoms with Crippen LogP contribution in [0.5, 0.6) is 0 Å². The van der Waals surface area contributed by atoms with Gasteiger partial charge in [-0.15, -0.1) is 0 Å². The number of thioether (sulfide) groups is 1. The van der Waals surface area contributed by atoms with Gasteiger partial charge < -0.3 is 10.4 Å². The molecular weight excluding hydrogens is 246 g/mol. The van der Waals surface area contributed by atoms with Gasteiger partial charge in [0.05, 0.1) is 0 Å². The van der Waals surface area contributed by atoms with Crippen molar-refractivity contribution in [2.75, 3.05) is 24.7 Å². The predicted molar refractivity (Wildman–Crippen MR) is 68.2 cm³/mol. The summed E-state index contributed by atoms with van der Waals surface area (Å²) in [5.41, 5.74) is 0. The molecule has 1 aromatic rings. The van der Waals surface area contributed by atoms with Crippen molar-refractivity contribution in [2.45, 2.75) is 18.5 Å². The Morgan fingerprint density at radius 3 is 2.94 bits per heavy atom. The van der Waals surface area contributed by atoms with Gasteiger partial charge in [-0.2, -0.15) is 0 Å². The molecule has 0 aliphatic carbocycles. The van der Waals surface area contributed by atoms with E-state index < -0.39 is 0 Å². The van der Waals surface area contributed by atoms with Crippen molar-refractivity contribution < 1.29 is 5.11 Å². The van der Waals surface area contributed by atoms with E-state index >= 15 is 0 Å². The molecule has 0 amide bonds. The van der Waals surface area contributed by atoms with Gasteiger partial charge in [0.25, 0.3) is 0 Å². The van der Waals surface area contributed by atoms with Crippen molar-refractivity contribution in [3.63, 3.8) is 0 Å². The molecule has 0 saturated heterocycles. The summed E-state index contributed by atoms with van der Waals surface area (Å²) in [7, 11) is 0. The van der Waals surface area contributed by atoms with Crippen molar-refractivity contribution in [1.29, 1.82) is 0 Å². The summed E-state index contributed by atoms with van der Waals surface area (Å²) in [6.07, 6.45) is 2.69. The summed E-state index contributed by atoms with van der Waals surface area (Å²) in [5, 5.41) is 13.1. The fourth-order valence-electron chi connectivity index (χ4n) is 1.18. The third kappa shape index (κ3) is 4.55. The molecule has 90 valence electrons. The Morgan fingerprint density at radius 2 is 2.31 bits per heavy atom. The number of nitrogens with one attached hydrogen (secondary N) is 1. The lowest BCUT2D eigenvalue weighted by Gasteiger charge is -2.12. The fraction of sp³-hybridized carbons (Fsp3) is 0.600.